The second-order valence-corrected chi connectivity index (χ2v) is 4.53. The van der Waals surface area contributed by atoms with E-state index in [4.69, 9.17) is 9.47 Å². The molecule has 0 saturated carbocycles. The summed E-state index contributed by atoms with van der Waals surface area (Å²) in [5, 5.41) is 0. The Balaban J connectivity index is 1.78. The Bertz CT molecular complexity index is 425. The Morgan fingerprint density at radius 1 is 1.44 bits per heavy atom. The van der Waals surface area contributed by atoms with Gasteiger partial charge in [-0.15, -0.1) is 0 Å². The van der Waals surface area contributed by atoms with Gasteiger partial charge < -0.3 is 9.47 Å². The Kier molecular flexibility index (Phi) is 4.28. The fourth-order valence-electron chi connectivity index (χ4n) is 1.88. The number of hydrogen-bond acceptors (Lipinski definition) is 3. The zero-order valence-electron chi connectivity index (χ0n) is 10.6. The molecule has 1 aromatic carbocycles. The van der Waals surface area contributed by atoms with Gasteiger partial charge in [0.15, 0.2) is 5.78 Å². The largest absolute Gasteiger partial charge is 0.372 e. The second kappa shape index (κ2) is 5.94. The van der Waals surface area contributed by atoms with Crippen LogP contribution in [0.15, 0.2) is 42.5 Å². The molecule has 0 aromatic heterocycles. The quantitative estimate of drug-likeness (QED) is 0.724. The molecule has 96 valence electrons. The van der Waals surface area contributed by atoms with Crippen molar-refractivity contribution in [1.82, 2.24) is 0 Å². The lowest BCUT2D eigenvalue weighted by molar-refractivity contribution is -0.191. The zero-order chi connectivity index (χ0) is 13.0. The summed E-state index contributed by atoms with van der Waals surface area (Å²) in [6, 6.07) is 10.00. The number of carbonyl (C=O) groups is 1. The van der Waals surface area contributed by atoms with E-state index in [1.165, 1.54) is 0 Å². The van der Waals surface area contributed by atoms with Crippen molar-refractivity contribution in [3.05, 3.63) is 48.0 Å². The Labute approximate surface area is 107 Å². The standard InChI is InChI=1S/C15H18O3/c1-11(2)13(16)8-9-17-14-10-18-15(14)12-6-4-3-5-7-12/h3-7,14-15H,1,8-10H2,2H3. The van der Waals surface area contributed by atoms with E-state index in [1.54, 1.807) is 6.92 Å². The average molecular weight is 246 g/mol. The van der Waals surface area contributed by atoms with Crippen molar-refractivity contribution >= 4 is 5.78 Å². The molecular weight excluding hydrogens is 228 g/mol. The lowest BCUT2D eigenvalue weighted by Gasteiger charge is -2.36. The lowest BCUT2D eigenvalue weighted by Crippen LogP contribution is -2.40. The van der Waals surface area contributed by atoms with Crippen molar-refractivity contribution in [1.29, 1.82) is 0 Å². The highest BCUT2D eigenvalue weighted by molar-refractivity contribution is 5.94. The fraction of sp³-hybridized carbons (Fsp3) is 0.400. The highest BCUT2D eigenvalue weighted by Crippen LogP contribution is 2.32. The third-order valence-electron chi connectivity index (χ3n) is 3.04. The molecule has 18 heavy (non-hydrogen) atoms. The van der Waals surface area contributed by atoms with Crippen LogP contribution in [0.1, 0.15) is 25.0 Å². The molecule has 1 aromatic rings. The van der Waals surface area contributed by atoms with Crippen molar-refractivity contribution in [2.24, 2.45) is 0 Å². The topological polar surface area (TPSA) is 35.5 Å². The number of ether oxygens (including phenoxy) is 2. The third kappa shape index (κ3) is 3.06. The number of benzene rings is 1. The Morgan fingerprint density at radius 2 is 2.17 bits per heavy atom. The van der Waals surface area contributed by atoms with Crippen LogP contribution < -0.4 is 0 Å². The molecule has 2 atom stereocenters. The van der Waals surface area contributed by atoms with Crippen LogP contribution in [0.4, 0.5) is 0 Å². The lowest BCUT2D eigenvalue weighted by atomic mass is 10.0. The molecule has 3 nitrogen and oxygen atoms in total. The first-order valence-electron chi connectivity index (χ1n) is 6.15. The zero-order valence-corrected chi connectivity index (χ0v) is 10.6. The highest BCUT2D eigenvalue weighted by Gasteiger charge is 2.34. The van der Waals surface area contributed by atoms with Crippen LogP contribution >= 0.6 is 0 Å². The predicted molar refractivity (Wildman–Crippen MR) is 69.3 cm³/mol. The molecule has 1 aliphatic heterocycles. The monoisotopic (exact) mass is 246 g/mol. The molecule has 1 saturated heterocycles. The van der Waals surface area contributed by atoms with Crippen molar-refractivity contribution in [3.8, 4) is 0 Å². The maximum absolute atomic E-state index is 11.4. The molecule has 2 rings (SSSR count). The molecule has 0 bridgehead atoms. The van der Waals surface area contributed by atoms with Gasteiger partial charge in [-0.1, -0.05) is 36.9 Å². The van der Waals surface area contributed by atoms with Gasteiger partial charge in [-0.3, -0.25) is 4.79 Å². The van der Waals surface area contributed by atoms with E-state index < -0.39 is 0 Å². The van der Waals surface area contributed by atoms with Crippen LogP contribution in [0.3, 0.4) is 0 Å². The van der Waals surface area contributed by atoms with Gasteiger partial charge in [0.2, 0.25) is 0 Å². The molecule has 1 heterocycles. The molecule has 0 amide bonds. The van der Waals surface area contributed by atoms with Crippen molar-refractivity contribution in [2.75, 3.05) is 13.2 Å². The van der Waals surface area contributed by atoms with Gasteiger partial charge in [-0.25, -0.2) is 0 Å². The van der Waals surface area contributed by atoms with E-state index >= 15 is 0 Å². The summed E-state index contributed by atoms with van der Waals surface area (Å²) in [4.78, 5) is 11.4. The summed E-state index contributed by atoms with van der Waals surface area (Å²) < 4.78 is 11.2. The SMILES string of the molecule is C=C(C)C(=O)CCOC1COC1c1ccccc1. The van der Waals surface area contributed by atoms with E-state index in [0.717, 1.165) is 5.56 Å². The van der Waals surface area contributed by atoms with E-state index in [0.29, 0.717) is 25.2 Å². The first kappa shape index (κ1) is 13.0. The Morgan fingerprint density at radius 3 is 2.72 bits per heavy atom. The Hall–Kier alpha value is -1.45. The normalized spacial score (nSPS) is 22.3. The minimum absolute atomic E-state index is 0.00568. The highest BCUT2D eigenvalue weighted by atomic mass is 16.6. The van der Waals surface area contributed by atoms with Gasteiger partial charge >= 0.3 is 0 Å². The molecule has 2 unspecified atom stereocenters. The summed E-state index contributed by atoms with van der Waals surface area (Å²) in [6.07, 6.45) is 0.462. The van der Waals surface area contributed by atoms with Gasteiger partial charge in [0, 0.05) is 6.42 Å². The number of Topliss-reactive ketones (excluding diaryl/α,β-unsaturated/α-hetero) is 1. The molecule has 0 aliphatic carbocycles. The van der Waals surface area contributed by atoms with Gasteiger partial charge in [-0.05, 0) is 18.1 Å². The molecule has 0 radical (unpaired) electrons. The predicted octanol–water partition coefficient (Wildman–Crippen LogP) is 2.68. The molecule has 0 spiro atoms. The van der Waals surface area contributed by atoms with E-state index in [-0.39, 0.29) is 18.0 Å². The van der Waals surface area contributed by atoms with Crippen LogP contribution in [0.5, 0.6) is 0 Å². The second-order valence-electron chi connectivity index (χ2n) is 4.53. The summed E-state index contributed by atoms with van der Waals surface area (Å²) in [5.41, 5.74) is 1.71. The summed E-state index contributed by atoms with van der Waals surface area (Å²) in [6.45, 7) is 6.38. The van der Waals surface area contributed by atoms with Gasteiger partial charge in [0.1, 0.15) is 12.2 Å². The molecule has 3 heteroatoms. The molecule has 0 N–H and O–H groups in total. The minimum atomic E-state index is 0.00568. The van der Waals surface area contributed by atoms with Gasteiger partial charge in [0.05, 0.1) is 13.2 Å². The smallest absolute Gasteiger partial charge is 0.160 e. The summed E-state index contributed by atoms with van der Waals surface area (Å²) in [7, 11) is 0. The van der Waals surface area contributed by atoms with Crippen LogP contribution in [0.25, 0.3) is 0 Å². The number of rotatable bonds is 6. The minimum Gasteiger partial charge on any atom is -0.372 e. The van der Waals surface area contributed by atoms with Crippen molar-refractivity contribution < 1.29 is 14.3 Å². The van der Waals surface area contributed by atoms with E-state index in [2.05, 4.69) is 6.58 Å². The fourth-order valence-corrected chi connectivity index (χ4v) is 1.88. The van der Waals surface area contributed by atoms with Gasteiger partial charge in [-0.2, -0.15) is 0 Å². The first-order valence-corrected chi connectivity index (χ1v) is 6.15. The summed E-state index contributed by atoms with van der Waals surface area (Å²) >= 11 is 0. The van der Waals surface area contributed by atoms with E-state index in [9.17, 15) is 4.79 Å². The number of ketones is 1. The summed E-state index contributed by atoms with van der Waals surface area (Å²) in [5.74, 6) is 0.0616. The first-order chi connectivity index (χ1) is 8.68. The molecule has 1 fully saturated rings. The number of carbonyl (C=O) groups excluding carboxylic acids is 1. The van der Waals surface area contributed by atoms with Crippen LogP contribution in [0.2, 0.25) is 0 Å². The van der Waals surface area contributed by atoms with Crippen molar-refractivity contribution in [3.63, 3.8) is 0 Å². The maximum Gasteiger partial charge on any atom is 0.160 e. The van der Waals surface area contributed by atoms with Crippen LogP contribution in [0, 0.1) is 0 Å². The van der Waals surface area contributed by atoms with Crippen LogP contribution in [-0.4, -0.2) is 25.1 Å². The third-order valence-corrected chi connectivity index (χ3v) is 3.04. The number of allylic oxidation sites excluding steroid dienone is 1. The molecule has 1 aliphatic rings. The van der Waals surface area contributed by atoms with Gasteiger partial charge in [0.25, 0.3) is 0 Å². The van der Waals surface area contributed by atoms with Crippen LogP contribution in [-0.2, 0) is 14.3 Å². The average Bonchev–Trinajstić information content (AvgIpc) is 2.34. The van der Waals surface area contributed by atoms with E-state index in [1.807, 2.05) is 30.3 Å². The molecular formula is C15H18O3. The number of hydrogen-bond donors (Lipinski definition) is 0. The maximum atomic E-state index is 11.4. The van der Waals surface area contributed by atoms with Crippen molar-refractivity contribution in [2.45, 2.75) is 25.6 Å².